The molecule has 1 rings (SSSR count). The first-order valence-corrected chi connectivity index (χ1v) is 7.38. The Labute approximate surface area is 130 Å². The highest BCUT2D eigenvalue weighted by atomic mass is 35.5. The summed E-state index contributed by atoms with van der Waals surface area (Å²) in [5.74, 6) is -0.256. The fourth-order valence-corrected chi connectivity index (χ4v) is 2.41. The smallest absolute Gasteiger partial charge is 0.233 e. The van der Waals surface area contributed by atoms with E-state index in [1.807, 2.05) is 38.1 Å². The molecular weight excluding hydrogens is 290 g/mol. The minimum Gasteiger partial charge on any atom is -0.409 e. The van der Waals surface area contributed by atoms with Crippen LogP contribution in [-0.2, 0) is 11.2 Å². The Bertz CT molecular complexity index is 496. The van der Waals surface area contributed by atoms with E-state index in [4.69, 9.17) is 22.5 Å². The van der Waals surface area contributed by atoms with Crippen LogP contribution in [-0.4, -0.2) is 23.5 Å². The minimum absolute atomic E-state index is 0.0449. The third-order valence-corrected chi connectivity index (χ3v) is 4.10. The van der Waals surface area contributed by atoms with Gasteiger partial charge in [0.25, 0.3) is 0 Å². The molecule has 6 heteroatoms. The Morgan fingerprint density at radius 3 is 2.38 bits per heavy atom. The van der Waals surface area contributed by atoms with Crippen LogP contribution in [0.5, 0.6) is 0 Å². The molecule has 0 aliphatic carbocycles. The number of amides is 1. The number of oxime groups is 1. The van der Waals surface area contributed by atoms with Crippen LogP contribution in [0.25, 0.3) is 0 Å². The van der Waals surface area contributed by atoms with Crippen LogP contribution in [0.1, 0.15) is 32.3 Å². The normalized spacial score (nSPS) is 12.2. The second-order valence-corrected chi connectivity index (χ2v) is 5.34. The molecule has 4 N–H and O–H groups in total. The molecule has 1 amide bonds. The number of carbonyl (C=O) groups is 1. The number of nitrogens with two attached hydrogens (primary N) is 1. The molecule has 0 aliphatic heterocycles. The highest BCUT2D eigenvalue weighted by Gasteiger charge is 2.39. The number of rotatable bonds is 7. The van der Waals surface area contributed by atoms with E-state index in [0.29, 0.717) is 30.8 Å². The van der Waals surface area contributed by atoms with Crippen molar-refractivity contribution in [3.8, 4) is 0 Å². The van der Waals surface area contributed by atoms with E-state index in [2.05, 4.69) is 10.5 Å². The van der Waals surface area contributed by atoms with Gasteiger partial charge in [0.2, 0.25) is 5.91 Å². The van der Waals surface area contributed by atoms with Gasteiger partial charge in [-0.2, -0.15) is 0 Å². The minimum atomic E-state index is -0.950. The van der Waals surface area contributed by atoms with E-state index in [1.54, 1.807) is 0 Å². The van der Waals surface area contributed by atoms with Crippen LogP contribution in [0.3, 0.4) is 0 Å². The van der Waals surface area contributed by atoms with Crippen molar-refractivity contribution >= 4 is 23.3 Å². The number of benzene rings is 1. The number of nitrogens with one attached hydrogen (secondary N) is 1. The van der Waals surface area contributed by atoms with E-state index < -0.39 is 5.41 Å². The molecule has 0 fully saturated rings. The van der Waals surface area contributed by atoms with Gasteiger partial charge in [-0.15, -0.1) is 0 Å². The first-order valence-electron chi connectivity index (χ1n) is 7.01. The molecule has 0 atom stereocenters. The van der Waals surface area contributed by atoms with Crippen molar-refractivity contribution in [2.75, 3.05) is 6.54 Å². The van der Waals surface area contributed by atoms with E-state index in [1.165, 1.54) is 0 Å². The molecule has 5 nitrogen and oxygen atoms in total. The summed E-state index contributed by atoms with van der Waals surface area (Å²) in [7, 11) is 0. The van der Waals surface area contributed by atoms with E-state index in [9.17, 15) is 4.79 Å². The molecule has 0 saturated heterocycles. The highest BCUT2D eigenvalue weighted by Crippen LogP contribution is 2.27. The summed E-state index contributed by atoms with van der Waals surface area (Å²) in [5, 5.41) is 15.4. The van der Waals surface area contributed by atoms with Crippen molar-refractivity contribution in [2.24, 2.45) is 16.3 Å². The monoisotopic (exact) mass is 311 g/mol. The molecule has 1 aromatic carbocycles. The summed E-state index contributed by atoms with van der Waals surface area (Å²) in [6, 6.07) is 7.48. The number of hydrogen-bond acceptors (Lipinski definition) is 3. The van der Waals surface area contributed by atoms with Crippen LogP contribution in [0, 0.1) is 5.41 Å². The molecule has 116 valence electrons. The molecule has 0 radical (unpaired) electrons. The number of carbonyl (C=O) groups excluding carboxylic acids is 1. The van der Waals surface area contributed by atoms with Crippen LogP contribution < -0.4 is 11.1 Å². The topological polar surface area (TPSA) is 87.7 Å². The maximum atomic E-state index is 12.4. The quantitative estimate of drug-likeness (QED) is 0.313. The molecule has 0 bridgehead atoms. The van der Waals surface area contributed by atoms with E-state index in [-0.39, 0.29) is 11.7 Å². The van der Waals surface area contributed by atoms with Crippen molar-refractivity contribution in [1.29, 1.82) is 0 Å². The molecule has 0 saturated carbocycles. The van der Waals surface area contributed by atoms with Gasteiger partial charge in [-0.25, -0.2) is 0 Å². The van der Waals surface area contributed by atoms with Crippen molar-refractivity contribution in [3.05, 3.63) is 34.9 Å². The zero-order valence-corrected chi connectivity index (χ0v) is 13.2. The van der Waals surface area contributed by atoms with Crippen molar-refractivity contribution in [3.63, 3.8) is 0 Å². The van der Waals surface area contributed by atoms with Gasteiger partial charge in [0.1, 0.15) is 5.41 Å². The molecule has 0 aliphatic rings. The Hall–Kier alpha value is -1.75. The maximum absolute atomic E-state index is 12.4. The predicted molar refractivity (Wildman–Crippen MR) is 84.6 cm³/mol. The van der Waals surface area contributed by atoms with Crippen LogP contribution in [0.15, 0.2) is 29.4 Å². The third-order valence-electron chi connectivity index (χ3n) is 3.85. The number of amidine groups is 1. The molecule has 0 unspecified atom stereocenters. The van der Waals surface area contributed by atoms with Crippen LogP contribution in [0.2, 0.25) is 5.02 Å². The zero-order valence-electron chi connectivity index (χ0n) is 12.4. The van der Waals surface area contributed by atoms with Crippen LogP contribution >= 0.6 is 11.6 Å². The molecule has 0 heterocycles. The van der Waals surface area contributed by atoms with E-state index in [0.717, 1.165) is 5.56 Å². The number of hydrogen-bond donors (Lipinski definition) is 3. The first kappa shape index (κ1) is 17.3. The summed E-state index contributed by atoms with van der Waals surface area (Å²) in [4.78, 5) is 12.4. The van der Waals surface area contributed by atoms with Gasteiger partial charge in [-0.3, -0.25) is 4.79 Å². The SMILES string of the molecule is CCC(CC)(C(=O)NCCc1ccc(Cl)cc1)C(N)=NO. The van der Waals surface area contributed by atoms with E-state index >= 15 is 0 Å². The summed E-state index contributed by atoms with van der Waals surface area (Å²) < 4.78 is 0. The maximum Gasteiger partial charge on any atom is 0.233 e. The Kier molecular flexibility index (Phi) is 6.49. The lowest BCUT2D eigenvalue weighted by Gasteiger charge is -2.28. The van der Waals surface area contributed by atoms with Crippen molar-refractivity contribution in [1.82, 2.24) is 5.32 Å². The lowest BCUT2D eigenvalue weighted by molar-refractivity contribution is -0.127. The average molecular weight is 312 g/mol. The fraction of sp³-hybridized carbons (Fsp3) is 0.467. The highest BCUT2D eigenvalue weighted by molar-refractivity contribution is 6.30. The lowest BCUT2D eigenvalue weighted by Crippen LogP contribution is -2.49. The standard InChI is InChI=1S/C15H22ClN3O2/c1-3-15(4-2,13(17)19-21)14(20)18-10-9-11-5-7-12(16)8-6-11/h5-8,21H,3-4,9-10H2,1-2H3,(H2,17,19)(H,18,20). The third kappa shape index (κ3) is 4.11. The Balaban J connectivity index is 2.64. The van der Waals surface area contributed by atoms with Gasteiger partial charge in [0.15, 0.2) is 5.84 Å². The molecule has 0 aromatic heterocycles. The Morgan fingerprint density at radius 1 is 1.33 bits per heavy atom. The molecule has 21 heavy (non-hydrogen) atoms. The van der Waals surface area contributed by atoms with Gasteiger partial charge in [0.05, 0.1) is 0 Å². The summed E-state index contributed by atoms with van der Waals surface area (Å²) in [5.41, 5.74) is 5.83. The van der Waals surface area contributed by atoms with Gasteiger partial charge in [0, 0.05) is 11.6 Å². The second kappa shape index (κ2) is 7.88. The van der Waals surface area contributed by atoms with Crippen LogP contribution in [0.4, 0.5) is 0 Å². The summed E-state index contributed by atoms with van der Waals surface area (Å²) in [6.07, 6.45) is 1.65. The second-order valence-electron chi connectivity index (χ2n) is 4.91. The molecular formula is C15H22ClN3O2. The number of nitrogens with zero attached hydrogens (tertiary/aromatic N) is 1. The van der Waals surface area contributed by atoms with Crippen molar-refractivity contribution < 1.29 is 10.0 Å². The van der Waals surface area contributed by atoms with Gasteiger partial charge in [-0.1, -0.05) is 42.7 Å². The van der Waals surface area contributed by atoms with Gasteiger partial charge < -0.3 is 16.3 Å². The van der Waals surface area contributed by atoms with Gasteiger partial charge in [-0.05, 0) is 37.0 Å². The molecule has 1 aromatic rings. The fourth-order valence-electron chi connectivity index (χ4n) is 2.29. The summed E-state index contributed by atoms with van der Waals surface area (Å²) in [6.45, 7) is 4.18. The zero-order chi connectivity index (χ0) is 15.9. The van der Waals surface area contributed by atoms with Crippen molar-refractivity contribution in [2.45, 2.75) is 33.1 Å². The first-order chi connectivity index (χ1) is 10.00. The Morgan fingerprint density at radius 2 is 1.90 bits per heavy atom. The largest absolute Gasteiger partial charge is 0.409 e. The lowest BCUT2D eigenvalue weighted by atomic mass is 9.80. The predicted octanol–water partition coefficient (Wildman–Crippen LogP) is 2.55. The van der Waals surface area contributed by atoms with Gasteiger partial charge >= 0.3 is 0 Å². The average Bonchev–Trinajstić information content (AvgIpc) is 2.50. The summed E-state index contributed by atoms with van der Waals surface area (Å²) >= 11 is 5.82. The number of halogens is 1. The molecule has 0 spiro atoms.